The summed E-state index contributed by atoms with van der Waals surface area (Å²) in [6.07, 6.45) is 2.95. The highest BCUT2D eigenvalue weighted by molar-refractivity contribution is 6.30. The Hall–Kier alpha value is -3.13. The lowest BCUT2D eigenvalue weighted by Crippen LogP contribution is -2.61. The molecule has 3 aliphatic rings. The summed E-state index contributed by atoms with van der Waals surface area (Å²) in [4.78, 5) is 21.6. The van der Waals surface area contributed by atoms with Crippen molar-refractivity contribution in [2.75, 3.05) is 49.2 Å². The molecule has 4 aromatic rings. The third-order valence-electron chi connectivity index (χ3n) is 8.76. The average Bonchev–Trinajstić information content (AvgIpc) is 3.30. The van der Waals surface area contributed by atoms with Crippen molar-refractivity contribution in [1.82, 2.24) is 19.9 Å². The van der Waals surface area contributed by atoms with Gasteiger partial charge in [0.15, 0.2) is 5.82 Å². The maximum atomic E-state index is 6.43. The van der Waals surface area contributed by atoms with Gasteiger partial charge in [-0.2, -0.15) is 0 Å². The molecule has 2 aromatic heterocycles. The van der Waals surface area contributed by atoms with Gasteiger partial charge in [-0.1, -0.05) is 29.8 Å². The predicted molar refractivity (Wildman–Crippen MR) is 158 cm³/mol. The van der Waals surface area contributed by atoms with Gasteiger partial charge in [0, 0.05) is 84.1 Å². The molecule has 39 heavy (non-hydrogen) atoms. The van der Waals surface area contributed by atoms with E-state index in [1.165, 1.54) is 33.5 Å². The zero-order valence-electron chi connectivity index (χ0n) is 22.9. The molecule has 8 heteroatoms. The number of hydrogen-bond acceptors (Lipinski definition) is 6. The molecule has 3 aliphatic heterocycles. The number of nitrogens with one attached hydrogen (secondary N) is 1. The Morgan fingerprint density at radius 3 is 2.67 bits per heavy atom. The molecule has 7 rings (SSSR count). The summed E-state index contributed by atoms with van der Waals surface area (Å²) in [5.41, 5.74) is 8.28. The molecule has 202 valence electrons. The van der Waals surface area contributed by atoms with E-state index >= 15 is 0 Å². The second kappa shape index (κ2) is 9.81. The van der Waals surface area contributed by atoms with Crippen LogP contribution in [0, 0.1) is 13.8 Å². The maximum Gasteiger partial charge on any atom is 0.162 e. The summed E-state index contributed by atoms with van der Waals surface area (Å²) < 4.78 is 5.50. The van der Waals surface area contributed by atoms with Crippen molar-refractivity contribution in [2.45, 2.75) is 45.8 Å². The first-order valence-corrected chi connectivity index (χ1v) is 14.4. The number of ether oxygens (including phenoxy) is 1. The number of fused-ring (bicyclic) bond motifs is 2. The summed E-state index contributed by atoms with van der Waals surface area (Å²) in [7, 11) is 0. The van der Waals surface area contributed by atoms with Gasteiger partial charge in [0.05, 0.1) is 24.9 Å². The second-order valence-electron chi connectivity index (χ2n) is 11.3. The van der Waals surface area contributed by atoms with Crippen LogP contribution in [0.3, 0.4) is 0 Å². The number of H-pyrrole nitrogens is 1. The third kappa shape index (κ3) is 4.37. The van der Waals surface area contributed by atoms with Gasteiger partial charge in [-0.15, -0.1) is 0 Å². The molecular weight excluding hydrogens is 508 g/mol. The van der Waals surface area contributed by atoms with Crippen LogP contribution in [0.5, 0.6) is 0 Å². The molecule has 2 aromatic carbocycles. The summed E-state index contributed by atoms with van der Waals surface area (Å²) in [5, 5.41) is 1.98. The summed E-state index contributed by atoms with van der Waals surface area (Å²) >= 11 is 6.43. The van der Waals surface area contributed by atoms with E-state index in [9.17, 15) is 0 Å². The van der Waals surface area contributed by atoms with Crippen molar-refractivity contribution in [2.24, 2.45) is 0 Å². The number of aromatic nitrogens is 3. The van der Waals surface area contributed by atoms with Crippen molar-refractivity contribution in [3.05, 3.63) is 70.0 Å². The number of halogens is 1. The van der Waals surface area contributed by atoms with E-state index in [0.717, 1.165) is 80.1 Å². The Morgan fingerprint density at radius 2 is 1.87 bits per heavy atom. The number of aryl methyl sites for hydroxylation is 2. The number of benzene rings is 2. The molecule has 2 fully saturated rings. The monoisotopic (exact) mass is 542 g/mol. The Morgan fingerprint density at radius 1 is 1.00 bits per heavy atom. The Balaban J connectivity index is 1.31. The molecule has 7 nitrogen and oxygen atoms in total. The van der Waals surface area contributed by atoms with Gasteiger partial charge in [-0.3, -0.25) is 4.90 Å². The minimum absolute atomic E-state index is 0.437. The number of nitrogens with zero attached hydrogens (tertiary/aromatic N) is 5. The van der Waals surface area contributed by atoms with Crippen LogP contribution in [0.2, 0.25) is 5.02 Å². The van der Waals surface area contributed by atoms with Crippen molar-refractivity contribution >= 4 is 34.0 Å². The molecule has 0 saturated carbocycles. The highest BCUT2D eigenvalue weighted by atomic mass is 35.5. The van der Waals surface area contributed by atoms with Gasteiger partial charge in [0.25, 0.3) is 0 Å². The topological polar surface area (TPSA) is 60.5 Å². The number of hydrogen-bond donors (Lipinski definition) is 1. The van der Waals surface area contributed by atoms with Crippen LogP contribution < -0.4 is 9.80 Å². The Bertz CT molecular complexity index is 1550. The van der Waals surface area contributed by atoms with Crippen LogP contribution >= 0.6 is 11.6 Å². The molecule has 2 saturated heterocycles. The number of rotatable bonds is 4. The molecule has 0 bridgehead atoms. The lowest BCUT2D eigenvalue weighted by atomic mass is 10.0. The van der Waals surface area contributed by atoms with Crippen LogP contribution in [-0.4, -0.2) is 71.3 Å². The molecule has 1 atom stereocenters. The first-order chi connectivity index (χ1) is 19.0. The van der Waals surface area contributed by atoms with E-state index < -0.39 is 0 Å². The molecule has 0 radical (unpaired) electrons. The van der Waals surface area contributed by atoms with Gasteiger partial charge in [-0.25, -0.2) is 9.97 Å². The van der Waals surface area contributed by atoms with Crippen molar-refractivity contribution in [3.63, 3.8) is 0 Å². The van der Waals surface area contributed by atoms with E-state index in [-0.39, 0.29) is 0 Å². The number of piperazine rings is 1. The average molecular weight is 543 g/mol. The quantitative estimate of drug-likeness (QED) is 0.374. The zero-order chi connectivity index (χ0) is 26.7. The molecule has 1 N–H and O–H groups in total. The zero-order valence-corrected chi connectivity index (χ0v) is 23.6. The van der Waals surface area contributed by atoms with E-state index in [1.54, 1.807) is 0 Å². The normalized spacial score (nSPS) is 20.4. The minimum atomic E-state index is 0.437. The molecule has 5 heterocycles. The highest BCUT2D eigenvalue weighted by Gasteiger charge is 2.35. The lowest BCUT2D eigenvalue weighted by molar-refractivity contribution is -0.0793. The van der Waals surface area contributed by atoms with Crippen LogP contribution in [-0.2, 0) is 17.7 Å². The van der Waals surface area contributed by atoms with Gasteiger partial charge in [0.1, 0.15) is 5.82 Å². The largest absolute Gasteiger partial charge is 0.378 e. The predicted octanol–water partition coefficient (Wildman–Crippen LogP) is 5.37. The summed E-state index contributed by atoms with van der Waals surface area (Å²) in [5.74, 6) is 1.91. The molecule has 0 unspecified atom stereocenters. The lowest BCUT2D eigenvalue weighted by Gasteiger charge is -2.47. The van der Waals surface area contributed by atoms with Crippen molar-refractivity contribution in [3.8, 4) is 11.4 Å². The van der Waals surface area contributed by atoms with E-state index in [4.69, 9.17) is 26.3 Å². The number of aromatic amines is 1. The van der Waals surface area contributed by atoms with Crippen LogP contribution in [0.15, 0.2) is 42.6 Å². The van der Waals surface area contributed by atoms with Crippen LogP contribution in [0.25, 0.3) is 22.3 Å². The number of anilines is 2. The first-order valence-electron chi connectivity index (χ1n) is 14.0. The van der Waals surface area contributed by atoms with Gasteiger partial charge in [0.2, 0.25) is 0 Å². The highest BCUT2D eigenvalue weighted by Crippen LogP contribution is 2.36. The SMILES string of the molecule is Cc1ccc(Cl)cc1N1CCc2nc(-c3cccc4[nH]cc(C)c34)nc(N3CCN(C4COC4)[C@H](C)C3)c2C1. The van der Waals surface area contributed by atoms with Gasteiger partial charge >= 0.3 is 0 Å². The van der Waals surface area contributed by atoms with E-state index in [0.29, 0.717) is 12.1 Å². The first kappa shape index (κ1) is 24.9. The standard InChI is InChI=1S/C31H35ClN6O/c1-19-7-8-22(32)13-28(19)36-10-9-26-25(16-36)31(37-11-12-38(21(3)15-37)23-17-39-18-23)35-30(34-26)24-5-4-6-27-29(24)20(2)14-33-27/h4-8,13-14,21,23,33H,9-12,15-18H2,1-3H3/t21-/m1/s1. The molecule has 0 amide bonds. The van der Waals surface area contributed by atoms with Crippen molar-refractivity contribution in [1.29, 1.82) is 0 Å². The molecule has 0 spiro atoms. The molecular formula is C31H35ClN6O. The Labute approximate surface area is 234 Å². The second-order valence-corrected chi connectivity index (χ2v) is 11.8. The van der Waals surface area contributed by atoms with E-state index in [1.807, 2.05) is 6.07 Å². The fourth-order valence-electron chi connectivity index (χ4n) is 6.57. The Kier molecular flexibility index (Phi) is 6.26. The summed E-state index contributed by atoms with van der Waals surface area (Å²) in [6.45, 7) is 13.0. The summed E-state index contributed by atoms with van der Waals surface area (Å²) in [6, 6.07) is 13.5. The fourth-order valence-corrected chi connectivity index (χ4v) is 6.74. The minimum Gasteiger partial charge on any atom is -0.378 e. The van der Waals surface area contributed by atoms with Crippen LogP contribution in [0.1, 0.15) is 29.3 Å². The molecule has 0 aliphatic carbocycles. The third-order valence-corrected chi connectivity index (χ3v) is 9.00. The van der Waals surface area contributed by atoms with Crippen molar-refractivity contribution < 1.29 is 4.74 Å². The smallest absolute Gasteiger partial charge is 0.162 e. The van der Waals surface area contributed by atoms with Crippen LogP contribution in [0.4, 0.5) is 11.5 Å². The maximum absolute atomic E-state index is 6.43. The fraction of sp³-hybridized carbons (Fsp3) is 0.419. The van der Waals surface area contributed by atoms with Gasteiger partial charge < -0.3 is 19.5 Å². The van der Waals surface area contributed by atoms with E-state index in [2.05, 4.69) is 77.0 Å². The van der Waals surface area contributed by atoms with Gasteiger partial charge in [-0.05, 0) is 50.1 Å².